The summed E-state index contributed by atoms with van der Waals surface area (Å²) in [5.41, 5.74) is 1.86. The number of ether oxygens (including phenoxy) is 1. The number of para-hydroxylation sites is 1. The lowest BCUT2D eigenvalue weighted by Crippen LogP contribution is -2.54. The average Bonchev–Trinajstić information content (AvgIpc) is 3.02. The number of benzene rings is 4. The maximum Gasteiger partial charge on any atom is 0.244 e. The number of halogens is 1. The van der Waals surface area contributed by atoms with Crippen molar-refractivity contribution in [1.82, 2.24) is 10.2 Å². The zero-order valence-electron chi connectivity index (χ0n) is 25.6. The van der Waals surface area contributed by atoms with Crippen LogP contribution in [0.3, 0.4) is 0 Å². The van der Waals surface area contributed by atoms with Crippen molar-refractivity contribution in [1.29, 1.82) is 0 Å². The van der Waals surface area contributed by atoms with Gasteiger partial charge in [-0.25, -0.2) is 8.42 Å². The normalized spacial score (nSPS) is 12.5. The molecule has 236 valence electrons. The Hall–Kier alpha value is -4.34. The third kappa shape index (κ3) is 9.83. The predicted octanol–water partition coefficient (Wildman–Crippen LogP) is 6.45. The molecule has 0 radical (unpaired) electrons. The van der Waals surface area contributed by atoms with E-state index < -0.39 is 28.5 Å². The van der Waals surface area contributed by atoms with Crippen molar-refractivity contribution < 1.29 is 22.7 Å². The molecule has 0 heterocycles. The molecular weight excluding hydrogens is 610 g/mol. The molecule has 1 N–H and O–H groups in total. The van der Waals surface area contributed by atoms with E-state index >= 15 is 0 Å². The number of amides is 2. The number of carbonyl (C=O) groups excluding carboxylic acids is 2. The molecule has 4 aromatic rings. The van der Waals surface area contributed by atoms with Gasteiger partial charge in [-0.05, 0) is 73.0 Å². The maximum absolute atomic E-state index is 14.2. The van der Waals surface area contributed by atoms with E-state index in [1.54, 1.807) is 42.5 Å². The summed E-state index contributed by atoms with van der Waals surface area (Å²) >= 11 is 6.27. The highest BCUT2D eigenvalue weighted by Crippen LogP contribution is 2.26. The lowest BCUT2D eigenvalue weighted by atomic mass is 10.0. The Labute approximate surface area is 270 Å². The molecule has 2 amide bonds. The molecule has 45 heavy (non-hydrogen) atoms. The van der Waals surface area contributed by atoms with Crippen LogP contribution >= 0.6 is 11.6 Å². The molecule has 0 saturated heterocycles. The lowest BCUT2D eigenvalue weighted by Gasteiger charge is -2.34. The fourth-order valence-electron chi connectivity index (χ4n) is 4.75. The van der Waals surface area contributed by atoms with E-state index in [0.29, 0.717) is 28.5 Å². The highest BCUT2D eigenvalue weighted by Gasteiger charge is 2.33. The number of nitrogens with zero attached hydrogens (tertiary/aromatic N) is 2. The molecule has 0 unspecified atom stereocenters. The summed E-state index contributed by atoms with van der Waals surface area (Å²) in [6.07, 6.45) is 1.99. The number of carbonyl (C=O) groups is 2. The van der Waals surface area contributed by atoms with Crippen LogP contribution in [0.25, 0.3) is 0 Å². The second kappa shape index (κ2) is 15.6. The van der Waals surface area contributed by atoms with E-state index in [-0.39, 0.29) is 30.6 Å². The van der Waals surface area contributed by atoms with Crippen LogP contribution in [0.5, 0.6) is 11.5 Å². The van der Waals surface area contributed by atoms with Crippen molar-refractivity contribution in [3.8, 4) is 11.5 Å². The molecule has 4 aromatic carbocycles. The zero-order valence-corrected chi connectivity index (χ0v) is 27.2. The third-order valence-electron chi connectivity index (χ3n) is 7.30. The van der Waals surface area contributed by atoms with Gasteiger partial charge in [0.2, 0.25) is 21.8 Å². The molecule has 8 nitrogen and oxygen atoms in total. The van der Waals surface area contributed by atoms with Crippen molar-refractivity contribution in [2.24, 2.45) is 0 Å². The molecule has 0 aliphatic carbocycles. The average molecular weight is 648 g/mol. The van der Waals surface area contributed by atoms with E-state index in [4.69, 9.17) is 16.3 Å². The predicted molar refractivity (Wildman–Crippen MR) is 179 cm³/mol. The minimum absolute atomic E-state index is 0.0479. The number of rotatable bonds is 14. The van der Waals surface area contributed by atoms with Crippen molar-refractivity contribution in [2.75, 3.05) is 17.1 Å². The highest BCUT2D eigenvalue weighted by molar-refractivity contribution is 7.92. The van der Waals surface area contributed by atoms with Crippen LogP contribution in [-0.2, 0) is 32.6 Å². The summed E-state index contributed by atoms with van der Waals surface area (Å²) in [5.74, 6) is 0.288. The minimum atomic E-state index is -3.90. The topological polar surface area (TPSA) is 96.0 Å². The number of nitrogens with one attached hydrogen (secondary N) is 1. The molecule has 0 saturated carbocycles. The van der Waals surface area contributed by atoms with Gasteiger partial charge in [-0.15, -0.1) is 0 Å². The summed E-state index contributed by atoms with van der Waals surface area (Å²) in [6.45, 7) is 3.40. The Morgan fingerprint density at radius 1 is 0.844 bits per heavy atom. The number of sulfonamides is 1. The van der Waals surface area contributed by atoms with Gasteiger partial charge in [0.05, 0.1) is 11.9 Å². The Morgan fingerprint density at radius 2 is 1.44 bits per heavy atom. The lowest BCUT2D eigenvalue weighted by molar-refractivity contribution is -0.140. The van der Waals surface area contributed by atoms with Gasteiger partial charge in [-0.1, -0.05) is 79.2 Å². The van der Waals surface area contributed by atoms with Crippen LogP contribution in [0.4, 0.5) is 5.69 Å². The molecule has 0 bridgehead atoms. The van der Waals surface area contributed by atoms with Gasteiger partial charge in [0.15, 0.2) is 0 Å². The van der Waals surface area contributed by atoms with Crippen LogP contribution in [0.1, 0.15) is 31.4 Å². The second-order valence-electron chi connectivity index (χ2n) is 10.9. The summed E-state index contributed by atoms with van der Waals surface area (Å²) < 4.78 is 33.0. The molecular formula is C35H38ClN3O5S. The van der Waals surface area contributed by atoms with Crippen LogP contribution in [0.2, 0.25) is 5.02 Å². The Morgan fingerprint density at radius 3 is 2.04 bits per heavy atom. The Balaban J connectivity index is 1.68. The molecule has 0 fully saturated rings. The Kier molecular flexibility index (Phi) is 11.6. The number of hydrogen-bond donors (Lipinski definition) is 1. The van der Waals surface area contributed by atoms with E-state index in [0.717, 1.165) is 16.1 Å². The van der Waals surface area contributed by atoms with E-state index in [1.807, 2.05) is 80.6 Å². The van der Waals surface area contributed by atoms with Gasteiger partial charge >= 0.3 is 0 Å². The van der Waals surface area contributed by atoms with Gasteiger partial charge in [-0.3, -0.25) is 13.9 Å². The van der Waals surface area contributed by atoms with Gasteiger partial charge in [0, 0.05) is 24.0 Å². The fraction of sp³-hybridized carbons (Fsp3) is 0.257. The standard InChI is InChI=1S/C35H38ClN3O5S/c1-4-26(2)37-35(41)33(23-27-12-7-5-8-13-27)38(24-28-14-11-15-29(36)22-28)34(40)25-39(45(3,42)43)30-18-20-32(21-19-30)44-31-16-9-6-10-17-31/h5-22,26,33H,4,23-25H2,1-3H3,(H,37,41)/t26-,33-/m0/s1. The quantitative estimate of drug-likeness (QED) is 0.170. The van der Waals surface area contributed by atoms with E-state index in [2.05, 4.69) is 5.32 Å². The first-order valence-electron chi connectivity index (χ1n) is 14.7. The van der Waals surface area contributed by atoms with Gasteiger partial charge in [0.25, 0.3) is 0 Å². The molecule has 0 spiro atoms. The molecule has 0 aromatic heterocycles. The van der Waals surface area contributed by atoms with Crippen molar-refractivity contribution in [2.45, 2.75) is 45.3 Å². The largest absolute Gasteiger partial charge is 0.457 e. The van der Waals surface area contributed by atoms with Crippen LogP contribution in [0, 0.1) is 0 Å². The first-order valence-corrected chi connectivity index (χ1v) is 16.9. The summed E-state index contributed by atoms with van der Waals surface area (Å²) in [5, 5.41) is 3.50. The van der Waals surface area contributed by atoms with Gasteiger partial charge in [-0.2, -0.15) is 0 Å². The van der Waals surface area contributed by atoms with Crippen LogP contribution in [-0.4, -0.2) is 50.0 Å². The zero-order chi connectivity index (χ0) is 32.4. The second-order valence-corrected chi connectivity index (χ2v) is 13.2. The molecule has 10 heteroatoms. The van der Waals surface area contributed by atoms with Crippen LogP contribution in [0.15, 0.2) is 109 Å². The van der Waals surface area contributed by atoms with E-state index in [1.165, 1.54) is 4.90 Å². The van der Waals surface area contributed by atoms with Crippen LogP contribution < -0.4 is 14.4 Å². The summed E-state index contributed by atoms with van der Waals surface area (Å²) in [4.78, 5) is 29.5. The smallest absolute Gasteiger partial charge is 0.244 e. The molecule has 4 rings (SSSR count). The number of hydrogen-bond acceptors (Lipinski definition) is 5. The van der Waals surface area contributed by atoms with Gasteiger partial charge in [0.1, 0.15) is 24.1 Å². The Bertz CT molecular complexity index is 1670. The minimum Gasteiger partial charge on any atom is -0.457 e. The summed E-state index contributed by atoms with van der Waals surface area (Å²) in [6, 6.07) is 31.1. The number of anilines is 1. The third-order valence-corrected chi connectivity index (χ3v) is 8.67. The monoisotopic (exact) mass is 647 g/mol. The summed E-state index contributed by atoms with van der Waals surface area (Å²) in [7, 11) is -3.90. The van der Waals surface area contributed by atoms with Crippen molar-refractivity contribution in [3.05, 3.63) is 125 Å². The SMILES string of the molecule is CC[C@H](C)NC(=O)[C@H](Cc1ccccc1)N(Cc1cccc(Cl)c1)C(=O)CN(c1ccc(Oc2ccccc2)cc1)S(C)(=O)=O. The highest BCUT2D eigenvalue weighted by atomic mass is 35.5. The molecule has 0 aliphatic heterocycles. The van der Waals surface area contributed by atoms with Crippen molar-refractivity contribution in [3.63, 3.8) is 0 Å². The van der Waals surface area contributed by atoms with E-state index in [9.17, 15) is 18.0 Å². The van der Waals surface area contributed by atoms with Gasteiger partial charge < -0.3 is 15.0 Å². The molecule has 0 aliphatic rings. The van der Waals surface area contributed by atoms with Crippen molar-refractivity contribution >= 4 is 39.1 Å². The fourth-order valence-corrected chi connectivity index (χ4v) is 5.81. The molecule has 2 atom stereocenters. The first-order chi connectivity index (χ1) is 21.5. The first kappa shape index (κ1) is 33.6. The maximum atomic E-state index is 14.2.